The first-order valence-corrected chi connectivity index (χ1v) is 7.60. The molecule has 3 N–H and O–H groups in total. The molecule has 0 bridgehead atoms. The monoisotopic (exact) mass is 328 g/mol. The van der Waals surface area contributed by atoms with Crippen LogP contribution in [0.4, 0.5) is 15.3 Å². The Hall–Kier alpha value is -2.93. The molecular weight excluding hydrogens is 315 g/mol. The van der Waals surface area contributed by atoms with Gasteiger partial charge in [0.05, 0.1) is 6.21 Å². The molecule has 0 saturated carbocycles. The quantitative estimate of drug-likeness (QED) is 0.546. The summed E-state index contributed by atoms with van der Waals surface area (Å²) in [5.41, 5.74) is 9.18. The molecule has 0 saturated heterocycles. The second-order valence-electron chi connectivity index (χ2n) is 4.58. The van der Waals surface area contributed by atoms with Crippen molar-refractivity contribution in [3.8, 4) is 11.5 Å². The topological polar surface area (TPSA) is 72.5 Å². The molecule has 0 aliphatic carbocycles. The van der Waals surface area contributed by atoms with E-state index in [1.807, 2.05) is 24.3 Å². The van der Waals surface area contributed by atoms with Gasteiger partial charge in [0, 0.05) is 5.38 Å². The molecule has 1 aromatic heterocycles. The summed E-state index contributed by atoms with van der Waals surface area (Å²) in [7, 11) is 0. The molecule has 116 valence electrons. The average molecular weight is 328 g/mol. The molecule has 3 rings (SSSR count). The van der Waals surface area contributed by atoms with Gasteiger partial charge < -0.3 is 10.5 Å². The molecule has 0 fully saturated rings. The summed E-state index contributed by atoms with van der Waals surface area (Å²) < 4.78 is 18.5. The third-order valence-corrected chi connectivity index (χ3v) is 3.57. The summed E-state index contributed by atoms with van der Waals surface area (Å²) in [6, 6.07) is 13.2. The van der Waals surface area contributed by atoms with Gasteiger partial charge in [-0.25, -0.2) is 9.37 Å². The number of ether oxygens (including phenoxy) is 1. The number of aromatic nitrogens is 1. The minimum Gasteiger partial charge on any atom is -0.457 e. The fourth-order valence-electron chi connectivity index (χ4n) is 1.80. The van der Waals surface area contributed by atoms with E-state index in [1.165, 1.54) is 23.5 Å². The molecule has 0 radical (unpaired) electrons. The Bertz CT molecular complexity index is 817. The summed E-state index contributed by atoms with van der Waals surface area (Å²) in [6.45, 7) is 0. The highest BCUT2D eigenvalue weighted by Gasteiger charge is 1.99. The van der Waals surface area contributed by atoms with Crippen LogP contribution < -0.4 is 15.9 Å². The van der Waals surface area contributed by atoms with Gasteiger partial charge in [-0.15, -0.1) is 11.3 Å². The first kappa shape index (κ1) is 15.0. The summed E-state index contributed by atoms with van der Waals surface area (Å²) in [6.07, 6.45) is 1.65. The molecule has 0 unspecified atom stereocenters. The van der Waals surface area contributed by atoms with E-state index in [4.69, 9.17) is 10.5 Å². The van der Waals surface area contributed by atoms with Crippen LogP contribution in [0.3, 0.4) is 0 Å². The van der Waals surface area contributed by atoms with Crippen LogP contribution in [0.25, 0.3) is 0 Å². The van der Waals surface area contributed by atoms with Gasteiger partial charge in [0.1, 0.15) is 23.1 Å². The van der Waals surface area contributed by atoms with Crippen LogP contribution >= 0.6 is 11.3 Å². The number of benzene rings is 2. The zero-order valence-electron chi connectivity index (χ0n) is 11.9. The van der Waals surface area contributed by atoms with Crippen LogP contribution in [0.2, 0.25) is 0 Å². The summed E-state index contributed by atoms with van der Waals surface area (Å²) in [5, 5.41) is 6.45. The number of hydrogen-bond donors (Lipinski definition) is 2. The number of hydrogen-bond acceptors (Lipinski definition) is 6. The molecule has 7 heteroatoms. The lowest BCUT2D eigenvalue weighted by molar-refractivity contribution is 0.480. The van der Waals surface area contributed by atoms with Crippen LogP contribution in [-0.2, 0) is 0 Å². The van der Waals surface area contributed by atoms with E-state index in [1.54, 1.807) is 23.7 Å². The summed E-state index contributed by atoms with van der Waals surface area (Å²) in [5.74, 6) is 1.37. The third-order valence-electron chi connectivity index (χ3n) is 2.80. The Morgan fingerprint density at radius 3 is 2.74 bits per heavy atom. The molecule has 0 atom stereocenters. The van der Waals surface area contributed by atoms with Gasteiger partial charge in [0.2, 0.25) is 5.13 Å². The first-order chi connectivity index (χ1) is 11.2. The molecule has 0 spiro atoms. The smallest absolute Gasteiger partial charge is 0.205 e. The zero-order valence-corrected chi connectivity index (χ0v) is 12.8. The lowest BCUT2D eigenvalue weighted by Gasteiger charge is -2.06. The van der Waals surface area contributed by atoms with Gasteiger partial charge in [-0.3, -0.25) is 5.43 Å². The van der Waals surface area contributed by atoms with Gasteiger partial charge in [0.15, 0.2) is 0 Å². The maximum atomic E-state index is 12.9. The van der Waals surface area contributed by atoms with Crippen molar-refractivity contribution >= 4 is 28.5 Å². The van der Waals surface area contributed by atoms with E-state index < -0.39 is 0 Å². The first-order valence-electron chi connectivity index (χ1n) is 6.72. The van der Waals surface area contributed by atoms with Crippen molar-refractivity contribution < 1.29 is 9.13 Å². The van der Waals surface area contributed by atoms with Crippen molar-refractivity contribution in [1.82, 2.24) is 4.98 Å². The maximum Gasteiger partial charge on any atom is 0.205 e. The number of rotatable bonds is 5. The number of anilines is 2. The largest absolute Gasteiger partial charge is 0.457 e. The Kier molecular flexibility index (Phi) is 4.49. The highest BCUT2D eigenvalue weighted by atomic mass is 32.1. The van der Waals surface area contributed by atoms with Gasteiger partial charge in [0.25, 0.3) is 0 Å². The average Bonchev–Trinajstić information content (AvgIpc) is 2.96. The normalized spacial score (nSPS) is 10.8. The molecular formula is C16H13FN4OS. The zero-order chi connectivity index (χ0) is 16.1. The van der Waals surface area contributed by atoms with E-state index >= 15 is 0 Å². The van der Waals surface area contributed by atoms with Gasteiger partial charge in [-0.1, -0.05) is 12.1 Å². The predicted molar refractivity (Wildman–Crippen MR) is 90.7 cm³/mol. The maximum absolute atomic E-state index is 12.9. The highest BCUT2D eigenvalue weighted by molar-refractivity contribution is 7.14. The predicted octanol–water partition coefficient (Wildman–Crippen LogP) is 4.10. The molecule has 0 aliphatic rings. The fraction of sp³-hybridized carbons (Fsp3) is 0. The molecule has 0 amide bonds. The number of nitrogens with zero attached hydrogens (tertiary/aromatic N) is 2. The van der Waals surface area contributed by atoms with E-state index in [2.05, 4.69) is 15.5 Å². The summed E-state index contributed by atoms with van der Waals surface area (Å²) in [4.78, 5) is 4.04. The molecule has 23 heavy (non-hydrogen) atoms. The Labute approximate surface area is 136 Å². The Morgan fingerprint density at radius 2 is 2.00 bits per heavy atom. The minimum atomic E-state index is -0.299. The van der Waals surface area contributed by atoms with Crippen molar-refractivity contribution in [2.75, 3.05) is 11.2 Å². The lowest BCUT2D eigenvalue weighted by Crippen LogP contribution is -1.92. The Balaban J connectivity index is 1.65. The minimum absolute atomic E-state index is 0.299. The van der Waals surface area contributed by atoms with Crippen molar-refractivity contribution in [2.45, 2.75) is 0 Å². The number of hydrazone groups is 1. The number of halogens is 1. The van der Waals surface area contributed by atoms with Crippen LogP contribution in [0.5, 0.6) is 11.5 Å². The Morgan fingerprint density at radius 1 is 1.17 bits per heavy atom. The second-order valence-corrected chi connectivity index (χ2v) is 5.43. The van der Waals surface area contributed by atoms with Crippen LogP contribution in [-0.4, -0.2) is 11.2 Å². The van der Waals surface area contributed by atoms with Gasteiger partial charge in [-0.05, 0) is 42.0 Å². The molecule has 1 heterocycles. The van der Waals surface area contributed by atoms with E-state index in [9.17, 15) is 4.39 Å². The third kappa shape index (κ3) is 4.27. The van der Waals surface area contributed by atoms with Crippen molar-refractivity contribution in [3.63, 3.8) is 0 Å². The van der Waals surface area contributed by atoms with Crippen molar-refractivity contribution in [1.29, 1.82) is 0 Å². The molecule has 0 aliphatic heterocycles. The van der Waals surface area contributed by atoms with Gasteiger partial charge in [-0.2, -0.15) is 5.10 Å². The van der Waals surface area contributed by atoms with Gasteiger partial charge >= 0.3 is 0 Å². The standard InChI is InChI=1S/C16H13FN4OS/c17-12-4-6-13(7-5-12)22-14-3-1-2-11(8-14)9-19-21-16-20-15(18)10-23-16/h1-10H,18H2,(H,20,21). The van der Waals surface area contributed by atoms with E-state index in [-0.39, 0.29) is 5.82 Å². The van der Waals surface area contributed by atoms with Crippen LogP contribution in [0, 0.1) is 5.82 Å². The van der Waals surface area contributed by atoms with Crippen molar-refractivity contribution in [2.24, 2.45) is 5.10 Å². The highest BCUT2D eigenvalue weighted by Crippen LogP contribution is 2.22. The van der Waals surface area contributed by atoms with E-state index in [0.29, 0.717) is 22.4 Å². The van der Waals surface area contributed by atoms with Crippen LogP contribution in [0.15, 0.2) is 59.0 Å². The molecule has 5 nitrogen and oxygen atoms in total. The van der Waals surface area contributed by atoms with E-state index in [0.717, 1.165) is 5.56 Å². The molecule has 3 aromatic rings. The summed E-state index contributed by atoms with van der Waals surface area (Å²) >= 11 is 1.37. The van der Waals surface area contributed by atoms with Crippen molar-refractivity contribution in [3.05, 3.63) is 65.3 Å². The molecule has 2 aromatic carbocycles. The lowest BCUT2D eigenvalue weighted by atomic mass is 10.2. The SMILES string of the molecule is Nc1csc(NN=Cc2cccc(Oc3ccc(F)cc3)c2)n1. The number of nitrogens with one attached hydrogen (secondary N) is 1. The number of nitrogens with two attached hydrogens (primary N) is 1. The van der Waals surface area contributed by atoms with Crippen LogP contribution in [0.1, 0.15) is 5.56 Å². The second kappa shape index (κ2) is 6.89. The fourth-order valence-corrected chi connectivity index (χ4v) is 2.35. The number of thiazole rings is 1. The number of nitrogen functional groups attached to an aromatic ring is 1.